The van der Waals surface area contributed by atoms with Crippen molar-refractivity contribution in [3.05, 3.63) is 59.7 Å². The van der Waals surface area contributed by atoms with E-state index in [0.717, 1.165) is 23.5 Å². The van der Waals surface area contributed by atoms with Gasteiger partial charge in [0, 0.05) is 37.6 Å². The van der Waals surface area contributed by atoms with Crippen molar-refractivity contribution in [2.45, 2.75) is 6.54 Å². The minimum absolute atomic E-state index is 0.0955. The summed E-state index contributed by atoms with van der Waals surface area (Å²) in [6, 6.07) is 15.4. The number of carbonyl (C=O) groups excluding carboxylic acids is 1. The second kappa shape index (κ2) is 6.90. The Labute approximate surface area is 125 Å². The fourth-order valence-electron chi connectivity index (χ4n) is 2.08. The second-order valence-electron chi connectivity index (χ2n) is 5.13. The first-order valence-corrected chi connectivity index (χ1v) is 6.92. The van der Waals surface area contributed by atoms with E-state index in [1.165, 1.54) is 0 Å². The van der Waals surface area contributed by atoms with Crippen molar-refractivity contribution in [1.82, 2.24) is 5.32 Å². The van der Waals surface area contributed by atoms with Gasteiger partial charge in [0.1, 0.15) is 0 Å². The fourth-order valence-corrected chi connectivity index (χ4v) is 2.08. The monoisotopic (exact) mass is 283 g/mol. The largest absolute Gasteiger partial charge is 0.378 e. The number of anilines is 2. The zero-order valence-corrected chi connectivity index (χ0v) is 12.7. The highest BCUT2D eigenvalue weighted by molar-refractivity contribution is 6.04. The van der Waals surface area contributed by atoms with Crippen LogP contribution >= 0.6 is 0 Å². The standard InChI is InChI=1S/C17H21N3O/c1-18-12-13-5-4-6-15(11-13)19-17(21)14-7-9-16(10-8-14)20(2)3/h4-11,18H,12H2,1-3H3,(H,19,21). The molecule has 0 unspecified atom stereocenters. The number of nitrogens with one attached hydrogen (secondary N) is 2. The van der Waals surface area contributed by atoms with E-state index in [4.69, 9.17) is 0 Å². The van der Waals surface area contributed by atoms with E-state index in [2.05, 4.69) is 10.6 Å². The molecule has 4 heteroatoms. The lowest BCUT2D eigenvalue weighted by molar-refractivity contribution is 0.102. The van der Waals surface area contributed by atoms with Crippen LogP contribution in [0.5, 0.6) is 0 Å². The summed E-state index contributed by atoms with van der Waals surface area (Å²) >= 11 is 0. The van der Waals surface area contributed by atoms with Crippen molar-refractivity contribution in [2.75, 3.05) is 31.4 Å². The maximum absolute atomic E-state index is 12.2. The van der Waals surface area contributed by atoms with Crippen LogP contribution in [0.25, 0.3) is 0 Å². The first-order chi connectivity index (χ1) is 10.1. The molecule has 0 spiro atoms. The van der Waals surface area contributed by atoms with Gasteiger partial charge in [0.25, 0.3) is 5.91 Å². The van der Waals surface area contributed by atoms with Gasteiger partial charge in [0.15, 0.2) is 0 Å². The molecule has 0 aliphatic rings. The summed E-state index contributed by atoms with van der Waals surface area (Å²) in [7, 11) is 5.85. The quantitative estimate of drug-likeness (QED) is 0.887. The SMILES string of the molecule is CNCc1cccc(NC(=O)c2ccc(N(C)C)cc2)c1. The van der Waals surface area contributed by atoms with E-state index >= 15 is 0 Å². The molecule has 0 atom stereocenters. The Morgan fingerprint density at radius 2 is 1.81 bits per heavy atom. The number of rotatable bonds is 5. The van der Waals surface area contributed by atoms with Gasteiger partial charge in [0.2, 0.25) is 0 Å². The van der Waals surface area contributed by atoms with Crippen LogP contribution in [0.1, 0.15) is 15.9 Å². The summed E-state index contributed by atoms with van der Waals surface area (Å²) in [6.45, 7) is 0.779. The van der Waals surface area contributed by atoms with Gasteiger partial charge in [0.05, 0.1) is 0 Å². The third kappa shape index (κ3) is 4.07. The molecule has 0 saturated heterocycles. The molecule has 0 heterocycles. The van der Waals surface area contributed by atoms with Crippen LogP contribution < -0.4 is 15.5 Å². The number of hydrogen-bond donors (Lipinski definition) is 2. The van der Waals surface area contributed by atoms with Crippen LogP contribution in [-0.4, -0.2) is 27.1 Å². The minimum Gasteiger partial charge on any atom is -0.378 e. The molecule has 2 aromatic rings. The summed E-state index contributed by atoms with van der Waals surface area (Å²) in [6.07, 6.45) is 0. The number of benzene rings is 2. The fraction of sp³-hybridized carbons (Fsp3) is 0.235. The normalized spacial score (nSPS) is 10.2. The predicted octanol–water partition coefficient (Wildman–Crippen LogP) is 2.72. The van der Waals surface area contributed by atoms with E-state index in [9.17, 15) is 4.79 Å². The van der Waals surface area contributed by atoms with Crippen molar-refractivity contribution in [3.8, 4) is 0 Å². The molecule has 0 aliphatic carbocycles. The Kier molecular flexibility index (Phi) is 4.95. The highest BCUT2D eigenvalue weighted by atomic mass is 16.1. The number of nitrogens with zero attached hydrogens (tertiary/aromatic N) is 1. The van der Waals surface area contributed by atoms with Gasteiger partial charge < -0.3 is 15.5 Å². The average molecular weight is 283 g/mol. The van der Waals surface area contributed by atoms with Crippen LogP contribution in [0.4, 0.5) is 11.4 Å². The summed E-state index contributed by atoms with van der Waals surface area (Å²) in [5.74, 6) is -0.0955. The van der Waals surface area contributed by atoms with Gasteiger partial charge in [-0.1, -0.05) is 12.1 Å². The Hall–Kier alpha value is -2.33. The molecule has 0 aromatic heterocycles. The Bertz CT molecular complexity index is 606. The van der Waals surface area contributed by atoms with E-state index in [1.807, 2.05) is 74.6 Å². The smallest absolute Gasteiger partial charge is 0.255 e. The highest BCUT2D eigenvalue weighted by Crippen LogP contribution is 2.15. The summed E-state index contributed by atoms with van der Waals surface area (Å²) in [4.78, 5) is 14.2. The van der Waals surface area contributed by atoms with Crippen LogP contribution in [0.15, 0.2) is 48.5 Å². The molecule has 0 aliphatic heterocycles. The molecule has 0 saturated carbocycles. The molecule has 2 rings (SSSR count). The molecule has 1 amide bonds. The lowest BCUT2D eigenvalue weighted by Crippen LogP contribution is -2.13. The third-order valence-electron chi connectivity index (χ3n) is 3.21. The van der Waals surface area contributed by atoms with Gasteiger partial charge in [-0.05, 0) is 49.0 Å². The molecule has 2 aromatic carbocycles. The maximum atomic E-state index is 12.2. The third-order valence-corrected chi connectivity index (χ3v) is 3.21. The van der Waals surface area contributed by atoms with Crippen LogP contribution in [0.2, 0.25) is 0 Å². The molecule has 4 nitrogen and oxygen atoms in total. The van der Waals surface area contributed by atoms with Crippen molar-refractivity contribution in [2.24, 2.45) is 0 Å². The van der Waals surface area contributed by atoms with E-state index < -0.39 is 0 Å². The van der Waals surface area contributed by atoms with Crippen LogP contribution in [-0.2, 0) is 6.54 Å². The lowest BCUT2D eigenvalue weighted by Gasteiger charge is -2.13. The van der Waals surface area contributed by atoms with E-state index in [1.54, 1.807) is 0 Å². The Balaban J connectivity index is 2.08. The van der Waals surface area contributed by atoms with Crippen molar-refractivity contribution < 1.29 is 4.79 Å². The molecule has 0 radical (unpaired) electrons. The zero-order valence-electron chi connectivity index (χ0n) is 12.7. The molecular weight excluding hydrogens is 262 g/mol. The summed E-state index contributed by atoms with van der Waals surface area (Å²) in [5.41, 5.74) is 3.67. The molecule has 21 heavy (non-hydrogen) atoms. The molecular formula is C17H21N3O. The average Bonchev–Trinajstić information content (AvgIpc) is 2.48. The van der Waals surface area contributed by atoms with E-state index in [-0.39, 0.29) is 5.91 Å². The van der Waals surface area contributed by atoms with Gasteiger partial charge in [-0.2, -0.15) is 0 Å². The van der Waals surface area contributed by atoms with Crippen molar-refractivity contribution in [1.29, 1.82) is 0 Å². The first kappa shape index (κ1) is 15.1. The zero-order chi connectivity index (χ0) is 15.2. The lowest BCUT2D eigenvalue weighted by atomic mass is 10.1. The highest BCUT2D eigenvalue weighted by Gasteiger charge is 2.06. The van der Waals surface area contributed by atoms with Crippen molar-refractivity contribution >= 4 is 17.3 Å². The Morgan fingerprint density at radius 1 is 1.10 bits per heavy atom. The van der Waals surface area contributed by atoms with Gasteiger partial charge in [-0.25, -0.2) is 0 Å². The summed E-state index contributed by atoms with van der Waals surface area (Å²) < 4.78 is 0. The maximum Gasteiger partial charge on any atom is 0.255 e. The molecule has 110 valence electrons. The van der Waals surface area contributed by atoms with Gasteiger partial charge in [-0.3, -0.25) is 4.79 Å². The molecule has 0 fully saturated rings. The second-order valence-corrected chi connectivity index (χ2v) is 5.13. The van der Waals surface area contributed by atoms with Crippen molar-refractivity contribution in [3.63, 3.8) is 0 Å². The molecule has 2 N–H and O–H groups in total. The summed E-state index contributed by atoms with van der Waals surface area (Å²) in [5, 5.41) is 6.02. The van der Waals surface area contributed by atoms with Crippen LogP contribution in [0, 0.1) is 0 Å². The topological polar surface area (TPSA) is 44.4 Å². The number of hydrogen-bond acceptors (Lipinski definition) is 3. The first-order valence-electron chi connectivity index (χ1n) is 6.92. The minimum atomic E-state index is -0.0955. The predicted molar refractivity (Wildman–Crippen MR) is 87.9 cm³/mol. The molecule has 0 bridgehead atoms. The number of amides is 1. The van der Waals surface area contributed by atoms with E-state index in [0.29, 0.717) is 5.56 Å². The Morgan fingerprint density at radius 3 is 2.43 bits per heavy atom. The van der Waals surface area contributed by atoms with Gasteiger partial charge >= 0.3 is 0 Å². The van der Waals surface area contributed by atoms with Gasteiger partial charge in [-0.15, -0.1) is 0 Å². The van der Waals surface area contributed by atoms with Crippen LogP contribution in [0.3, 0.4) is 0 Å². The number of carbonyl (C=O) groups is 1.